The second kappa shape index (κ2) is 9.67. The standard InChI is InChI=1S/C21H16ClNO7S/c1-28-16-9-12(10-17-19(25)23(21(27)31-17)11-18(24)29-2)3-8-15(16)30-20(26)13-4-6-14(22)7-5-13/h3-10H,11H2,1-2H3/b17-10-. The van der Waals surface area contributed by atoms with Crippen LogP contribution in [-0.4, -0.2) is 48.7 Å². The third-order valence-corrected chi connectivity index (χ3v) is 5.32. The number of carbonyl (C=O) groups excluding carboxylic acids is 4. The molecule has 1 heterocycles. The van der Waals surface area contributed by atoms with Crippen molar-refractivity contribution in [2.75, 3.05) is 20.8 Å². The molecule has 31 heavy (non-hydrogen) atoms. The fraction of sp³-hybridized carbons (Fsp3) is 0.143. The van der Waals surface area contributed by atoms with Gasteiger partial charge < -0.3 is 14.2 Å². The number of benzene rings is 2. The molecule has 2 aromatic rings. The fourth-order valence-electron chi connectivity index (χ4n) is 2.58. The van der Waals surface area contributed by atoms with Crippen molar-refractivity contribution in [3.63, 3.8) is 0 Å². The minimum atomic E-state index is -0.697. The number of esters is 2. The molecule has 0 bridgehead atoms. The maximum absolute atomic E-state index is 12.4. The number of carbonyl (C=O) groups is 4. The minimum absolute atomic E-state index is 0.141. The predicted molar refractivity (Wildman–Crippen MR) is 114 cm³/mol. The molecular weight excluding hydrogens is 446 g/mol. The highest BCUT2D eigenvalue weighted by Gasteiger charge is 2.36. The van der Waals surface area contributed by atoms with Crippen LogP contribution in [0.4, 0.5) is 4.79 Å². The van der Waals surface area contributed by atoms with Crippen LogP contribution in [0.3, 0.4) is 0 Å². The zero-order valence-corrected chi connectivity index (χ0v) is 18.0. The molecule has 10 heteroatoms. The van der Waals surface area contributed by atoms with Crippen molar-refractivity contribution in [3.8, 4) is 11.5 Å². The van der Waals surface area contributed by atoms with E-state index in [0.717, 1.165) is 4.90 Å². The first-order valence-electron chi connectivity index (χ1n) is 8.80. The third kappa shape index (κ3) is 5.25. The molecule has 1 aliphatic rings. The van der Waals surface area contributed by atoms with E-state index >= 15 is 0 Å². The van der Waals surface area contributed by atoms with Crippen LogP contribution in [0.2, 0.25) is 5.02 Å². The number of methoxy groups -OCH3 is 2. The van der Waals surface area contributed by atoms with Crippen LogP contribution in [0.25, 0.3) is 6.08 Å². The molecule has 1 saturated heterocycles. The molecule has 0 spiro atoms. The van der Waals surface area contributed by atoms with E-state index in [1.54, 1.807) is 24.3 Å². The highest BCUT2D eigenvalue weighted by atomic mass is 35.5. The van der Waals surface area contributed by atoms with Gasteiger partial charge in [0.25, 0.3) is 11.1 Å². The van der Waals surface area contributed by atoms with Gasteiger partial charge in [-0.3, -0.25) is 19.3 Å². The Morgan fingerprint density at radius 3 is 2.42 bits per heavy atom. The second-order valence-electron chi connectivity index (χ2n) is 6.15. The van der Waals surface area contributed by atoms with Crippen LogP contribution < -0.4 is 9.47 Å². The predicted octanol–water partition coefficient (Wildman–Crippen LogP) is 3.78. The zero-order chi connectivity index (χ0) is 22.5. The number of imide groups is 1. The summed E-state index contributed by atoms with van der Waals surface area (Å²) in [7, 11) is 2.58. The number of rotatable bonds is 6. The van der Waals surface area contributed by atoms with E-state index in [1.807, 2.05) is 0 Å². The first-order valence-corrected chi connectivity index (χ1v) is 9.99. The second-order valence-corrected chi connectivity index (χ2v) is 7.58. The summed E-state index contributed by atoms with van der Waals surface area (Å²) in [5.74, 6) is -1.45. The van der Waals surface area contributed by atoms with E-state index in [0.29, 0.717) is 27.9 Å². The largest absolute Gasteiger partial charge is 0.493 e. The Morgan fingerprint density at radius 1 is 1.06 bits per heavy atom. The molecule has 0 N–H and O–H groups in total. The van der Waals surface area contributed by atoms with E-state index in [1.165, 1.54) is 38.5 Å². The molecule has 160 valence electrons. The van der Waals surface area contributed by atoms with Gasteiger partial charge in [-0.2, -0.15) is 0 Å². The lowest BCUT2D eigenvalue weighted by molar-refractivity contribution is -0.143. The van der Waals surface area contributed by atoms with E-state index in [-0.39, 0.29) is 16.4 Å². The van der Waals surface area contributed by atoms with E-state index < -0.39 is 29.6 Å². The average molecular weight is 462 g/mol. The number of ether oxygens (including phenoxy) is 3. The minimum Gasteiger partial charge on any atom is -0.493 e. The summed E-state index contributed by atoms with van der Waals surface area (Å²) in [5.41, 5.74) is 0.849. The van der Waals surface area contributed by atoms with Crippen molar-refractivity contribution in [1.29, 1.82) is 0 Å². The molecule has 0 aliphatic carbocycles. The van der Waals surface area contributed by atoms with E-state index in [4.69, 9.17) is 21.1 Å². The maximum atomic E-state index is 12.4. The summed E-state index contributed by atoms with van der Waals surface area (Å²) < 4.78 is 15.2. The summed E-state index contributed by atoms with van der Waals surface area (Å²) >= 11 is 6.53. The van der Waals surface area contributed by atoms with Crippen LogP contribution in [0.15, 0.2) is 47.4 Å². The number of nitrogens with zero attached hydrogens (tertiary/aromatic N) is 1. The quantitative estimate of drug-likeness (QED) is 0.364. The van der Waals surface area contributed by atoms with Crippen molar-refractivity contribution in [2.45, 2.75) is 0 Å². The summed E-state index contributed by atoms with van der Waals surface area (Å²) in [6, 6.07) is 10.9. The molecule has 0 saturated carbocycles. The number of hydrogen-bond donors (Lipinski definition) is 0. The van der Waals surface area contributed by atoms with E-state index in [2.05, 4.69) is 4.74 Å². The number of thioether (sulfide) groups is 1. The molecule has 0 radical (unpaired) electrons. The molecule has 1 fully saturated rings. The summed E-state index contributed by atoms with van der Waals surface area (Å²) in [6.07, 6.45) is 1.48. The van der Waals surface area contributed by atoms with Gasteiger partial charge in [0.05, 0.1) is 24.7 Å². The number of halogens is 1. The lowest BCUT2D eigenvalue weighted by Gasteiger charge is -2.11. The monoisotopic (exact) mass is 461 g/mol. The van der Waals surface area contributed by atoms with Gasteiger partial charge >= 0.3 is 11.9 Å². The topological polar surface area (TPSA) is 99.2 Å². The van der Waals surface area contributed by atoms with Gasteiger partial charge in [-0.1, -0.05) is 17.7 Å². The van der Waals surface area contributed by atoms with E-state index in [9.17, 15) is 19.2 Å². The molecule has 8 nitrogen and oxygen atoms in total. The zero-order valence-electron chi connectivity index (χ0n) is 16.4. The lowest BCUT2D eigenvalue weighted by Crippen LogP contribution is -2.34. The maximum Gasteiger partial charge on any atom is 0.343 e. The SMILES string of the molecule is COC(=O)CN1C(=O)S/C(=C\c2ccc(OC(=O)c3ccc(Cl)cc3)c(OC)c2)C1=O. The Hall–Kier alpha value is -3.30. The Bertz CT molecular complexity index is 1080. The smallest absolute Gasteiger partial charge is 0.343 e. The number of hydrogen-bond acceptors (Lipinski definition) is 8. The van der Waals surface area contributed by atoms with Gasteiger partial charge in [-0.05, 0) is 59.8 Å². The van der Waals surface area contributed by atoms with Crippen LogP contribution in [0.5, 0.6) is 11.5 Å². The Labute approximate surface area is 186 Å². The van der Waals surface area contributed by atoms with Gasteiger partial charge in [-0.25, -0.2) is 4.79 Å². The molecule has 1 aliphatic heterocycles. The van der Waals surface area contributed by atoms with Gasteiger partial charge in [0.1, 0.15) is 6.54 Å². The molecule has 0 unspecified atom stereocenters. The van der Waals surface area contributed by atoms with Crippen LogP contribution in [0, 0.1) is 0 Å². The van der Waals surface area contributed by atoms with Crippen molar-refractivity contribution in [1.82, 2.24) is 4.90 Å². The highest BCUT2D eigenvalue weighted by molar-refractivity contribution is 8.18. The van der Waals surface area contributed by atoms with Gasteiger partial charge in [0, 0.05) is 5.02 Å². The van der Waals surface area contributed by atoms with Crippen LogP contribution >= 0.6 is 23.4 Å². The molecule has 3 rings (SSSR count). The lowest BCUT2D eigenvalue weighted by atomic mass is 10.1. The van der Waals surface area contributed by atoms with Crippen LogP contribution in [0.1, 0.15) is 15.9 Å². The average Bonchev–Trinajstić information content (AvgIpc) is 3.02. The van der Waals surface area contributed by atoms with Gasteiger partial charge in [0.15, 0.2) is 11.5 Å². The van der Waals surface area contributed by atoms with Gasteiger partial charge in [-0.15, -0.1) is 0 Å². The molecule has 0 atom stereocenters. The summed E-state index contributed by atoms with van der Waals surface area (Å²) in [6.45, 7) is -0.457. The van der Waals surface area contributed by atoms with Crippen LogP contribution in [-0.2, 0) is 14.3 Å². The van der Waals surface area contributed by atoms with Gasteiger partial charge in [0.2, 0.25) is 0 Å². The number of amides is 2. The van der Waals surface area contributed by atoms with Crippen molar-refractivity contribution >= 4 is 52.5 Å². The summed E-state index contributed by atoms with van der Waals surface area (Å²) in [5, 5.41) is -0.0726. The Kier molecular flexibility index (Phi) is 6.98. The Balaban J connectivity index is 1.79. The first-order chi connectivity index (χ1) is 14.8. The third-order valence-electron chi connectivity index (χ3n) is 4.16. The summed E-state index contributed by atoms with van der Waals surface area (Å²) in [4.78, 5) is 49.1. The molecular formula is C21H16ClNO7S. The normalized spacial score (nSPS) is 14.7. The molecule has 0 aromatic heterocycles. The first kappa shape index (κ1) is 22.4. The molecule has 2 aromatic carbocycles. The highest BCUT2D eigenvalue weighted by Crippen LogP contribution is 2.34. The van der Waals surface area contributed by atoms with Crippen molar-refractivity contribution in [2.24, 2.45) is 0 Å². The Morgan fingerprint density at radius 2 is 1.77 bits per heavy atom. The van der Waals surface area contributed by atoms with Crippen molar-refractivity contribution < 1.29 is 33.4 Å². The molecule has 2 amide bonds. The fourth-order valence-corrected chi connectivity index (χ4v) is 3.55. The van der Waals surface area contributed by atoms with Crippen molar-refractivity contribution in [3.05, 3.63) is 63.5 Å².